The monoisotopic (exact) mass is 290 g/mol. The number of benzene rings is 1. The second-order valence-corrected chi connectivity index (χ2v) is 4.49. The van der Waals surface area contributed by atoms with E-state index in [0.717, 1.165) is 12.1 Å². The third-order valence-electron chi connectivity index (χ3n) is 2.54. The first-order chi connectivity index (χ1) is 9.21. The number of nitro benzene ring substituents is 1. The van der Waals surface area contributed by atoms with Crippen molar-refractivity contribution >= 4 is 11.4 Å². The van der Waals surface area contributed by atoms with E-state index in [1.807, 2.05) is 19.0 Å². The summed E-state index contributed by atoms with van der Waals surface area (Å²) in [6.07, 6.45) is -4.05. The Labute approximate surface area is 114 Å². The molecule has 0 saturated heterocycles. The van der Waals surface area contributed by atoms with E-state index in [9.17, 15) is 23.3 Å². The van der Waals surface area contributed by atoms with E-state index >= 15 is 0 Å². The maximum atomic E-state index is 12.8. The second kappa shape index (κ2) is 6.56. The second-order valence-electron chi connectivity index (χ2n) is 4.49. The molecule has 8 heteroatoms. The highest BCUT2D eigenvalue weighted by atomic mass is 19.4. The summed E-state index contributed by atoms with van der Waals surface area (Å²) in [5.74, 6) is 0. The Balaban J connectivity index is 2.87. The first-order valence-corrected chi connectivity index (χ1v) is 5.89. The van der Waals surface area contributed by atoms with Crippen molar-refractivity contribution in [2.45, 2.75) is 12.6 Å². The molecule has 0 fully saturated rings. The molecule has 1 aromatic rings. The van der Waals surface area contributed by atoms with Crippen molar-refractivity contribution in [2.24, 2.45) is 0 Å². The lowest BCUT2D eigenvalue weighted by Crippen LogP contribution is -2.17. The van der Waals surface area contributed by atoms with Crippen LogP contribution in [0.4, 0.5) is 24.5 Å². The zero-order chi connectivity index (χ0) is 15.3. The standard InChI is InChI=1S/C12H15F3N3O2/c1-17(2)7-3-6-16-11-5-4-9(18(19)20)8-10(11)12(13,14)15/h4-5,8H,3,6-7H2,1-2H3. The average Bonchev–Trinajstić information content (AvgIpc) is 2.33. The maximum Gasteiger partial charge on any atom is 0.418 e. The molecule has 0 heterocycles. The van der Waals surface area contributed by atoms with Crippen LogP contribution in [0.2, 0.25) is 0 Å². The summed E-state index contributed by atoms with van der Waals surface area (Å²) >= 11 is 0. The number of alkyl halides is 3. The van der Waals surface area contributed by atoms with E-state index in [1.165, 1.54) is 0 Å². The van der Waals surface area contributed by atoms with Crippen molar-refractivity contribution < 1.29 is 18.1 Å². The molecule has 20 heavy (non-hydrogen) atoms. The zero-order valence-electron chi connectivity index (χ0n) is 11.1. The fraction of sp³-hybridized carbons (Fsp3) is 0.500. The van der Waals surface area contributed by atoms with Gasteiger partial charge in [0.15, 0.2) is 0 Å². The third-order valence-corrected chi connectivity index (χ3v) is 2.54. The molecule has 1 radical (unpaired) electrons. The van der Waals surface area contributed by atoms with Crippen LogP contribution in [0, 0.1) is 10.1 Å². The summed E-state index contributed by atoms with van der Waals surface area (Å²) in [5.41, 5.74) is -1.93. The lowest BCUT2D eigenvalue weighted by atomic mass is 10.1. The maximum absolute atomic E-state index is 12.8. The van der Waals surface area contributed by atoms with Gasteiger partial charge in [-0.2, -0.15) is 13.2 Å². The predicted molar refractivity (Wildman–Crippen MR) is 67.9 cm³/mol. The minimum atomic E-state index is -4.66. The Morgan fingerprint density at radius 3 is 2.50 bits per heavy atom. The van der Waals surface area contributed by atoms with Crippen LogP contribution in [0.25, 0.3) is 0 Å². The Bertz CT molecular complexity index is 476. The van der Waals surface area contributed by atoms with Crippen molar-refractivity contribution in [2.75, 3.05) is 27.2 Å². The van der Waals surface area contributed by atoms with Crippen LogP contribution >= 0.6 is 0 Å². The molecule has 0 unspecified atom stereocenters. The van der Waals surface area contributed by atoms with E-state index in [1.54, 1.807) is 0 Å². The Morgan fingerprint density at radius 1 is 1.35 bits per heavy atom. The van der Waals surface area contributed by atoms with Gasteiger partial charge in [-0.1, -0.05) is 0 Å². The highest BCUT2D eigenvalue weighted by molar-refractivity contribution is 5.52. The molecule has 111 valence electrons. The molecule has 0 aliphatic rings. The molecule has 0 saturated carbocycles. The lowest BCUT2D eigenvalue weighted by molar-refractivity contribution is -0.385. The first-order valence-electron chi connectivity index (χ1n) is 5.89. The van der Waals surface area contributed by atoms with E-state index in [0.29, 0.717) is 19.0 Å². The normalized spacial score (nSPS) is 11.7. The van der Waals surface area contributed by atoms with Gasteiger partial charge in [0.25, 0.3) is 5.69 Å². The van der Waals surface area contributed by atoms with Gasteiger partial charge in [-0.3, -0.25) is 15.4 Å². The molecular weight excluding hydrogens is 275 g/mol. The van der Waals surface area contributed by atoms with Gasteiger partial charge in [0.2, 0.25) is 0 Å². The number of hydrogen-bond acceptors (Lipinski definition) is 3. The van der Waals surface area contributed by atoms with Crippen LogP contribution in [-0.4, -0.2) is 37.0 Å². The molecule has 0 aromatic heterocycles. The van der Waals surface area contributed by atoms with Crippen LogP contribution < -0.4 is 5.32 Å². The number of nitro groups is 1. The van der Waals surface area contributed by atoms with Gasteiger partial charge in [-0.15, -0.1) is 0 Å². The van der Waals surface area contributed by atoms with E-state index in [-0.39, 0.29) is 12.2 Å². The molecule has 0 N–H and O–H groups in total. The Kier molecular flexibility index (Phi) is 5.32. The number of rotatable bonds is 6. The van der Waals surface area contributed by atoms with Crippen molar-refractivity contribution in [1.29, 1.82) is 0 Å². The SMILES string of the molecule is CN(C)CCC[N]c1ccc([N+](=O)[O-])cc1C(F)(F)F. The van der Waals surface area contributed by atoms with Gasteiger partial charge >= 0.3 is 6.18 Å². The van der Waals surface area contributed by atoms with Gasteiger partial charge in [0.1, 0.15) is 0 Å². The smallest absolute Gasteiger partial charge is 0.309 e. The van der Waals surface area contributed by atoms with E-state index in [2.05, 4.69) is 5.32 Å². The number of non-ortho nitro benzene ring substituents is 1. The first kappa shape index (κ1) is 16.2. The summed E-state index contributed by atoms with van der Waals surface area (Å²) in [4.78, 5) is 11.6. The van der Waals surface area contributed by atoms with E-state index in [4.69, 9.17) is 0 Å². The minimum absolute atomic E-state index is 0.235. The van der Waals surface area contributed by atoms with Gasteiger partial charge in [0, 0.05) is 18.7 Å². The van der Waals surface area contributed by atoms with Crippen molar-refractivity contribution in [3.05, 3.63) is 33.9 Å². The highest BCUT2D eigenvalue weighted by Gasteiger charge is 2.35. The molecule has 0 aliphatic heterocycles. The van der Waals surface area contributed by atoms with Gasteiger partial charge in [-0.25, -0.2) is 0 Å². The van der Waals surface area contributed by atoms with Crippen molar-refractivity contribution in [1.82, 2.24) is 10.2 Å². The summed E-state index contributed by atoms with van der Waals surface area (Å²) in [7, 11) is 3.71. The molecular formula is C12H15F3N3O2. The molecule has 0 bridgehead atoms. The quantitative estimate of drug-likeness (QED) is 0.460. The van der Waals surface area contributed by atoms with E-state index < -0.39 is 22.4 Å². The van der Waals surface area contributed by atoms with Crippen LogP contribution in [0.15, 0.2) is 18.2 Å². The fourth-order valence-corrected chi connectivity index (χ4v) is 1.59. The van der Waals surface area contributed by atoms with Crippen LogP contribution in [0.1, 0.15) is 12.0 Å². The van der Waals surface area contributed by atoms with Crippen LogP contribution in [-0.2, 0) is 6.18 Å². The summed E-state index contributed by atoms with van der Waals surface area (Å²) in [6, 6.07) is 2.58. The third kappa shape index (κ3) is 4.69. The summed E-state index contributed by atoms with van der Waals surface area (Å²) in [6.45, 7) is 0.941. The average molecular weight is 290 g/mol. The van der Waals surface area contributed by atoms with Crippen molar-refractivity contribution in [3.8, 4) is 0 Å². The number of nitrogens with zero attached hydrogens (tertiary/aromatic N) is 3. The van der Waals surface area contributed by atoms with Crippen LogP contribution in [0.5, 0.6) is 0 Å². The Hall–Kier alpha value is -1.83. The highest BCUT2D eigenvalue weighted by Crippen LogP contribution is 2.37. The summed E-state index contributed by atoms with van der Waals surface area (Å²) < 4.78 is 38.5. The summed E-state index contributed by atoms with van der Waals surface area (Å²) in [5, 5.41) is 14.4. The lowest BCUT2D eigenvalue weighted by Gasteiger charge is -2.13. The molecule has 0 aliphatic carbocycles. The number of hydrogen-bond donors (Lipinski definition) is 0. The zero-order valence-corrected chi connectivity index (χ0v) is 11.1. The van der Waals surface area contributed by atoms with Gasteiger partial charge in [0.05, 0.1) is 16.2 Å². The molecule has 0 spiro atoms. The Morgan fingerprint density at radius 2 is 2.00 bits per heavy atom. The topological polar surface area (TPSA) is 60.5 Å². The molecule has 0 atom stereocenters. The van der Waals surface area contributed by atoms with Crippen LogP contribution in [0.3, 0.4) is 0 Å². The molecule has 1 rings (SSSR count). The van der Waals surface area contributed by atoms with Gasteiger partial charge in [-0.05, 0) is 33.1 Å². The molecule has 1 aromatic carbocycles. The molecule has 0 amide bonds. The number of halogens is 3. The fourth-order valence-electron chi connectivity index (χ4n) is 1.59. The molecule has 5 nitrogen and oxygen atoms in total. The van der Waals surface area contributed by atoms with Gasteiger partial charge < -0.3 is 4.90 Å². The minimum Gasteiger partial charge on any atom is -0.309 e. The predicted octanol–water partition coefficient (Wildman–Crippen LogP) is 2.80. The largest absolute Gasteiger partial charge is 0.418 e. The van der Waals surface area contributed by atoms with Crippen molar-refractivity contribution in [3.63, 3.8) is 0 Å².